The van der Waals surface area contributed by atoms with Gasteiger partial charge in [0.15, 0.2) is 0 Å². The predicted molar refractivity (Wildman–Crippen MR) is 85.7 cm³/mol. The molecule has 1 atom stereocenters. The minimum absolute atomic E-state index is 0.0397. The standard InChI is InChI=1S/C17H19FN2O2/c1-11(13-4-6-14(18)7-5-13)19-16-10-15(20-12(2)21)8-9-17(16)22-3/h4-11,19H,1-3H3,(H,20,21). The molecule has 0 saturated heterocycles. The van der Waals surface area contributed by atoms with Crippen LogP contribution in [0.3, 0.4) is 0 Å². The van der Waals surface area contributed by atoms with Crippen LogP contribution in [0.5, 0.6) is 5.75 Å². The van der Waals surface area contributed by atoms with Crippen molar-refractivity contribution in [3.05, 3.63) is 53.8 Å². The largest absolute Gasteiger partial charge is 0.495 e. The van der Waals surface area contributed by atoms with Crippen molar-refractivity contribution in [1.29, 1.82) is 0 Å². The summed E-state index contributed by atoms with van der Waals surface area (Å²) in [5.74, 6) is 0.270. The molecule has 4 nitrogen and oxygen atoms in total. The van der Waals surface area contributed by atoms with Crippen molar-refractivity contribution < 1.29 is 13.9 Å². The molecule has 22 heavy (non-hydrogen) atoms. The molecule has 0 fully saturated rings. The Hall–Kier alpha value is -2.56. The number of halogens is 1. The molecule has 0 saturated carbocycles. The van der Waals surface area contributed by atoms with E-state index in [1.165, 1.54) is 19.1 Å². The molecule has 0 heterocycles. The first kappa shape index (κ1) is 15.8. The maximum absolute atomic E-state index is 13.0. The third kappa shape index (κ3) is 3.97. The molecule has 1 unspecified atom stereocenters. The molecule has 2 aromatic rings. The Bertz CT molecular complexity index is 656. The first-order chi connectivity index (χ1) is 10.5. The molecule has 2 rings (SSSR count). The minimum Gasteiger partial charge on any atom is -0.495 e. The average molecular weight is 302 g/mol. The summed E-state index contributed by atoms with van der Waals surface area (Å²) in [6.45, 7) is 3.43. The van der Waals surface area contributed by atoms with Gasteiger partial charge in [0.05, 0.1) is 12.8 Å². The van der Waals surface area contributed by atoms with Crippen molar-refractivity contribution in [2.24, 2.45) is 0 Å². The molecular weight excluding hydrogens is 283 g/mol. The lowest BCUT2D eigenvalue weighted by atomic mass is 10.1. The van der Waals surface area contributed by atoms with E-state index in [0.717, 1.165) is 11.3 Å². The first-order valence-electron chi connectivity index (χ1n) is 6.97. The molecule has 0 spiro atoms. The molecule has 2 N–H and O–H groups in total. The second kappa shape index (κ2) is 6.93. The molecule has 1 amide bonds. The van der Waals surface area contributed by atoms with E-state index in [1.807, 2.05) is 6.92 Å². The van der Waals surface area contributed by atoms with Gasteiger partial charge in [0, 0.05) is 18.7 Å². The highest BCUT2D eigenvalue weighted by Gasteiger charge is 2.10. The summed E-state index contributed by atoms with van der Waals surface area (Å²) in [6, 6.07) is 11.6. The predicted octanol–water partition coefficient (Wildman–Crippen LogP) is 3.97. The smallest absolute Gasteiger partial charge is 0.221 e. The molecule has 116 valence electrons. The van der Waals surface area contributed by atoms with Gasteiger partial charge in [0.1, 0.15) is 11.6 Å². The normalized spacial score (nSPS) is 11.6. The zero-order chi connectivity index (χ0) is 16.1. The van der Waals surface area contributed by atoms with Crippen LogP contribution in [0.15, 0.2) is 42.5 Å². The summed E-state index contributed by atoms with van der Waals surface area (Å²) in [7, 11) is 1.58. The number of methoxy groups -OCH3 is 1. The summed E-state index contributed by atoms with van der Waals surface area (Å²) >= 11 is 0. The van der Waals surface area contributed by atoms with E-state index < -0.39 is 0 Å². The van der Waals surface area contributed by atoms with Crippen LogP contribution in [0.4, 0.5) is 15.8 Å². The molecule has 0 aliphatic heterocycles. The number of anilines is 2. The van der Waals surface area contributed by atoms with Crippen LogP contribution in [-0.2, 0) is 4.79 Å². The third-order valence-corrected chi connectivity index (χ3v) is 3.26. The Balaban J connectivity index is 2.22. The fourth-order valence-corrected chi connectivity index (χ4v) is 2.17. The molecule has 2 aromatic carbocycles. The van der Waals surface area contributed by atoms with Crippen LogP contribution in [0.2, 0.25) is 0 Å². The van der Waals surface area contributed by atoms with E-state index in [1.54, 1.807) is 37.4 Å². The van der Waals surface area contributed by atoms with E-state index in [-0.39, 0.29) is 17.8 Å². The van der Waals surface area contributed by atoms with Gasteiger partial charge in [-0.3, -0.25) is 4.79 Å². The maximum Gasteiger partial charge on any atom is 0.221 e. The Morgan fingerprint density at radius 3 is 2.45 bits per heavy atom. The summed E-state index contributed by atoms with van der Waals surface area (Å²) in [6.07, 6.45) is 0. The van der Waals surface area contributed by atoms with Crippen molar-refractivity contribution in [2.45, 2.75) is 19.9 Å². The Morgan fingerprint density at radius 2 is 1.86 bits per heavy atom. The Morgan fingerprint density at radius 1 is 1.18 bits per heavy atom. The molecule has 0 aliphatic rings. The molecule has 5 heteroatoms. The van der Waals surface area contributed by atoms with Crippen molar-refractivity contribution in [1.82, 2.24) is 0 Å². The van der Waals surface area contributed by atoms with Crippen LogP contribution in [-0.4, -0.2) is 13.0 Å². The van der Waals surface area contributed by atoms with Crippen molar-refractivity contribution in [2.75, 3.05) is 17.7 Å². The summed E-state index contributed by atoms with van der Waals surface area (Å²) < 4.78 is 18.3. The van der Waals surface area contributed by atoms with Gasteiger partial charge >= 0.3 is 0 Å². The van der Waals surface area contributed by atoms with Crippen molar-refractivity contribution >= 4 is 17.3 Å². The summed E-state index contributed by atoms with van der Waals surface area (Å²) in [4.78, 5) is 11.2. The summed E-state index contributed by atoms with van der Waals surface area (Å²) in [5.41, 5.74) is 2.39. The number of ether oxygens (including phenoxy) is 1. The third-order valence-electron chi connectivity index (χ3n) is 3.26. The van der Waals surface area contributed by atoms with Crippen molar-refractivity contribution in [3.63, 3.8) is 0 Å². The molecular formula is C17H19FN2O2. The van der Waals surface area contributed by atoms with Crippen LogP contribution in [0.25, 0.3) is 0 Å². The zero-order valence-electron chi connectivity index (χ0n) is 12.8. The van der Waals surface area contributed by atoms with Crippen LogP contribution >= 0.6 is 0 Å². The van der Waals surface area contributed by atoms with Crippen LogP contribution in [0.1, 0.15) is 25.5 Å². The average Bonchev–Trinajstić information content (AvgIpc) is 2.47. The first-order valence-corrected chi connectivity index (χ1v) is 6.97. The monoisotopic (exact) mass is 302 g/mol. The lowest BCUT2D eigenvalue weighted by molar-refractivity contribution is -0.114. The Labute approximate surface area is 129 Å². The number of carbonyl (C=O) groups is 1. The fourth-order valence-electron chi connectivity index (χ4n) is 2.17. The topological polar surface area (TPSA) is 50.4 Å². The Kier molecular flexibility index (Phi) is 4.99. The van der Waals surface area contributed by atoms with Gasteiger partial charge in [-0.1, -0.05) is 12.1 Å². The number of amides is 1. The second-order valence-corrected chi connectivity index (χ2v) is 5.01. The highest BCUT2D eigenvalue weighted by atomic mass is 19.1. The van der Waals surface area contributed by atoms with Crippen LogP contribution < -0.4 is 15.4 Å². The van der Waals surface area contributed by atoms with Gasteiger partial charge in [0.2, 0.25) is 5.91 Å². The highest BCUT2D eigenvalue weighted by Crippen LogP contribution is 2.31. The van der Waals surface area contributed by atoms with E-state index >= 15 is 0 Å². The fraction of sp³-hybridized carbons (Fsp3) is 0.235. The maximum atomic E-state index is 13.0. The van der Waals surface area contributed by atoms with E-state index in [0.29, 0.717) is 11.4 Å². The van der Waals surface area contributed by atoms with Gasteiger partial charge in [-0.15, -0.1) is 0 Å². The zero-order valence-corrected chi connectivity index (χ0v) is 12.8. The SMILES string of the molecule is COc1ccc(NC(C)=O)cc1NC(C)c1ccc(F)cc1. The lowest BCUT2D eigenvalue weighted by Gasteiger charge is -2.19. The van der Waals surface area contributed by atoms with Gasteiger partial charge in [0.25, 0.3) is 0 Å². The number of hydrogen-bond donors (Lipinski definition) is 2. The van der Waals surface area contributed by atoms with Crippen molar-refractivity contribution in [3.8, 4) is 5.75 Å². The van der Waals surface area contributed by atoms with E-state index in [4.69, 9.17) is 4.74 Å². The molecule has 0 bridgehead atoms. The van der Waals surface area contributed by atoms with Crippen LogP contribution in [0, 0.1) is 5.82 Å². The molecule has 0 aliphatic carbocycles. The van der Waals surface area contributed by atoms with Gasteiger partial charge in [-0.2, -0.15) is 0 Å². The second-order valence-electron chi connectivity index (χ2n) is 5.01. The number of hydrogen-bond acceptors (Lipinski definition) is 3. The minimum atomic E-state index is -0.263. The number of nitrogens with one attached hydrogen (secondary N) is 2. The van der Waals surface area contributed by atoms with Gasteiger partial charge < -0.3 is 15.4 Å². The molecule has 0 radical (unpaired) electrons. The number of rotatable bonds is 5. The summed E-state index contributed by atoms with van der Waals surface area (Å²) in [5, 5.41) is 6.04. The molecule has 0 aromatic heterocycles. The van der Waals surface area contributed by atoms with E-state index in [2.05, 4.69) is 10.6 Å². The number of benzene rings is 2. The number of carbonyl (C=O) groups excluding carboxylic acids is 1. The van der Waals surface area contributed by atoms with Gasteiger partial charge in [-0.25, -0.2) is 4.39 Å². The van der Waals surface area contributed by atoms with Gasteiger partial charge in [-0.05, 0) is 42.8 Å². The quantitative estimate of drug-likeness (QED) is 0.878. The lowest BCUT2D eigenvalue weighted by Crippen LogP contribution is -2.10. The van der Waals surface area contributed by atoms with E-state index in [9.17, 15) is 9.18 Å². The highest BCUT2D eigenvalue weighted by molar-refractivity contribution is 5.89.